The van der Waals surface area contributed by atoms with Gasteiger partial charge < -0.3 is 9.30 Å². The van der Waals surface area contributed by atoms with Crippen LogP contribution >= 0.6 is 11.8 Å². The van der Waals surface area contributed by atoms with E-state index in [-0.39, 0.29) is 11.9 Å². The van der Waals surface area contributed by atoms with E-state index >= 15 is 0 Å². The molecule has 1 aliphatic rings. The molecule has 0 aliphatic carbocycles. The van der Waals surface area contributed by atoms with E-state index in [1.54, 1.807) is 6.07 Å². The molecule has 0 radical (unpaired) electrons. The average Bonchev–Trinajstić information content (AvgIpc) is 3.17. The molecule has 2 heterocycles. The van der Waals surface area contributed by atoms with Crippen LogP contribution in [0.2, 0.25) is 0 Å². The van der Waals surface area contributed by atoms with Gasteiger partial charge in [0, 0.05) is 18.3 Å². The maximum absolute atomic E-state index is 13.8. The van der Waals surface area contributed by atoms with E-state index in [9.17, 15) is 4.39 Å². The van der Waals surface area contributed by atoms with Crippen molar-refractivity contribution in [3.8, 4) is 0 Å². The Balaban J connectivity index is 1.76. The Kier molecular flexibility index (Phi) is 5.33. The monoisotopic (exact) mass is 335 g/mol. The van der Waals surface area contributed by atoms with Crippen LogP contribution in [0.1, 0.15) is 44.0 Å². The van der Waals surface area contributed by atoms with Crippen molar-refractivity contribution in [2.24, 2.45) is 0 Å². The molecule has 2 aromatic rings. The summed E-state index contributed by atoms with van der Waals surface area (Å²) in [4.78, 5) is 0. The van der Waals surface area contributed by atoms with Crippen molar-refractivity contribution in [2.45, 2.75) is 56.2 Å². The summed E-state index contributed by atoms with van der Waals surface area (Å²) in [5, 5.41) is 9.50. The molecule has 1 unspecified atom stereocenters. The first-order chi connectivity index (χ1) is 11.1. The SMILES string of the molecule is CC(C)c1nnc(SCc2ccccc2F)n1CC1CCCO1. The number of hydrogen-bond acceptors (Lipinski definition) is 4. The zero-order valence-corrected chi connectivity index (χ0v) is 14.4. The highest BCUT2D eigenvalue weighted by Gasteiger charge is 2.22. The van der Waals surface area contributed by atoms with Gasteiger partial charge in [-0.1, -0.05) is 43.8 Å². The molecule has 0 N–H and O–H groups in total. The van der Waals surface area contributed by atoms with Crippen molar-refractivity contribution < 1.29 is 9.13 Å². The highest BCUT2D eigenvalue weighted by atomic mass is 32.2. The van der Waals surface area contributed by atoms with Crippen LogP contribution in [0.4, 0.5) is 4.39 Å². The van der Waals surface area contributed by atoms with Crippen LogP contribution in [0.15, 0.2) is 29.4 Å². The summed E-state index contributed by atoms with van der Waals surface area (Å²) in [6.45, 7) is 5.84. The fraction of sp³-hybridized carbons (Fsp3) is 0.529. The zero-order chi connectivity index (χ0) is 16.2. The van der Waals surface area contributed by atoms with Gasteiger partial charge in [-0.15, -0.1) is 10.2 Å². The van der Waals surface area contributed by atoms with Gasteiger partial charge in [-0.05, 0) is 24.5 Å². The molecule has 1 atom stereocenters. The summed E-state index contributed by atoms with van der Waals surface area (Å²) in [5.41, 5.74) is 0.690. The summed E-state index contributed by atoms with van der Waals surface area (Å²) >= 11 is 1.53. The molecule has 1 aromatic heterocycles. The van der Waals surface area contributed by atoms with Crippen molar-refractivity contribution in [2.75, 3.05) is 6.61 Å². The molecule has 23 heavy (non-hydrogen) atoms. The Bertz CT molecular complexity index is 653. The predicted octanol–water partition coefficient (Wildman–Crippen LogP) is 4.01. The molecule has 124 valence electrons. The van der Waals surface area contributed by atoms with Crippen LogP contribution in [0.5, 0.6) is 0 Å². The maximum Gasteiger partial charge on any atom is 0.191 e. The molecule has 3 rings (SSSR count). The molecule has 6 heteroatoms. The smallest absolute Gasteiger partial charge is 0.191 e. The van der Waals surface area contributed by atoms with Gasteiger partial charge in [0.15, 0.2) is 5.16 Å². The molecular formula is C17H22FN3OS. The lowest BCUT2D eigenvalue weighted by Crippen LogP contribution is -2.18. The van der Waals surface area contributed by atoms with E-state index in [4.69, 9.17) is 4.74 Å². The lowest BCUT2D eigenvalue weighted by Gasteiger charge is -2.16. The number of hydrogen-bond donors (Lipinski definition) is 0. The third-order valence-corrected chi connectivity index (χ3v) is 5.00. The molecular weight excluding hydrogens is 313 g/mol. The molecule has 4 nitrogen and oxygen atoms in total. The van der Waals surface area contributed by atoms with E-state index in [1.165, 1.54) is 17.8 Å². The van der Waals surface area contributed by atoms with E-state index < -0.39 is 0 Å². The molecule has 0 bridgehead atoms. The van der Waals surface area contributed by atoms with E-state index in [0.717, 1.165) is 37.0 Å². The quantitative estimate of drug-likeness (QED) is 0.748. The van der Waals surface area contributed by atoms with Gasteiger partial charge in [0.1, 0.15) is 11.6 Å². The number of ether oxygens (including phenoxy) is 1. The van der Waals surface area contributed by atoms with Crippen molar-refractivity contribution >= 4 is 11.8 Å². The van der Waals surface area contributed by atoms with Gasteiger partial charge in [0.2, 0.25) is 0 Å². The van der Waals surface area contributed by atoms with Crippen LogP contribution in [-0.2, 0) is 17.0 Å². The van der Waals surface area contributed by atoms with Crippen molar-refractivity contribution in [3.63, 3.8) is 0 Å². The van der Waals surface area contributed by atoms with Gasteiger partial charge in [-0.3, -0.25) is 0 Å². The Morgan fingerprint density at radius 3 is 2.87 bits per heavy atom. The van der Waals surface area contributed by atoms with Gasteiger partial charge in [0.05, 0.1) is 12.6 Å². The number of rotatable bonds is 6. The minimum absolute atomic E-state index is 0.172. The van der Waals surface area contributed by atoms with Crippen LogP contribution in [0.3, 0.4) is 0 Å². The van der Waals surface area contributed by atoms with Crippen LogP contribution in [0.25, 0.3) is 0 Å². The summed E-state index contributed by atoms with van der Waals surface area (Å²) in [6.07, 6.45) is 2.42. The first-order valence-electron chi connectivity index (χ1n) is 8.06. The van der Waals surface area contributed by atoms with E-state index in [1.807, 2.05) is 12.1 Å². The molecule has 0 saturated carbocycles. The Morgan fingerprint density at radius 1 is 1.35 bits per heavy atom. The highest BCUT2D eigenvalue weighted by Crippen LogP contribution is 2.27. The fourth-order valence-corrected chi connectivity index (χ4v) is 3.70. The molecule has 1 saturated heterocycles. The normalized spacial score (nSPS) is 18.0. The first-order valence-corrected chi connectivity index (χ1v) is 9.04. The van der Waals surface area contributed by atoms with Crippen LogP contribution in [0, 0.1) is 5.82 Å². The third-order valence-electron chi connectivity index (χ3n) is 3.99. The topological polar surface area (TPSA) is 39.9 Å². The van der Waals surface area contributed by atoms with Gasteiger partial charge in [0.25, 0.3) is 0 Å². The standard InChI is InChI=1S/C17H22FN3OS/c1-12(2)16-19-20-17(21(16)10-14-7-5-9-22-14)23-11-13-6-3-4-8-15(13)18/h3-4,6,8,12,14H,5,7,9-11H2,1-2H3. The number of aromatic nitrogens is 3. The second-order valence-corrected chi connectivity index (χ2v) is 7.06. The second-order valence-electron chi connectivity index (χ2n) is 6.12. The molecule has 1 fully saturated rings. The Hall–Kier alpha value is -1.40. The number of halogens is 1. The van der Waals surface area contributed by atoms with Gasteiger partial charge in [-0.2, -0.15) is 0 Å². The number of benzene rings is 1. The minimum Gasteiger partial charge on any atom is -0.376 e. The van der Waals surface area contributed by atoms with Gasteiger partial charge >= 0.3 is 0 Å². The molecule has 1 aromatic carbocycles. The molecule has 1 aliphatic heterocycles. The third kappa shape index (κ3) is 3.93. The van der Waals surface area contributed by atoms with E-state index in [0.29, 0.717) is 17.2 Å². The van der Waals surface area contributed by atoms with Crippen molar-refractivity contribution in [1.29, 1.82) is 0 Å². The van der Waals surface area contributed by atoms with E-state index in [2.05, 4.69) is 28.6 Å². The number of nitrogens with zero attached hydrogens (tertiary/aromatic N) is 3. The second kappa shape index (κ2) is 7.45. The van der Waals surface area contributed by atoms with Crippen molar-refractivity contribution in [3.05, 3.63) is 41.5 Å². The largest absolute Gasteiger partial charge is 0.376 e. The summed E-state index contributed by atoms with van der Waals surface area (Å²) in [5.74, 6) is 1.64. The Morgan fingerprint density at radius 2 is 2.17 bits per heavy atom. The Labute approximate surface area is 140 Å². The van der Waals surface area contributed by atoms with Gasteiger partial charge in [-0.25, -0.2) is 4.39 Å². The molecule has 0 amide bonds. The van der Waals surface area contributed by atoms with Crippen LogP contribution < -0.4 is 0 Å². The summed E-state index contributed by atoms with van der Waals surface area (Å²) in [7, 11) is 0. The maximum atomic E-state index is 13.8. The lowest BCUT2D eigenvalue weighted by atomic mass is 10.2. The fourth-order valence-electron chi connectivity index (χ4n) is 2.76. The molecule has 0 spiro atoms. The van der Waals surface area contributed by atoms with Crippen LogP contribution in [-0.4, -0.2) is 27.5 Å². The van der Waals surface area contributed by atoms with Crippen molar-refractivity contribution in [1.82, 2.24) is 14.8 Å². The predicted molar refractivity (Wildman–Crippen MR) is 89.0 cm³/mol. The lowest BCUT2D eigenvalue weighted by molar-refractivity contribution is 0.0940. The summed E-state index contributed by atoms with van der Waals surface area (Å²) in [6, 6.07) is 6.87. The number of thioether (sulfide) groups is 1. The first kappa shape index (κ1) is 16.5. The minimum atomic E-state index is -0.172. The zero-order valence-electron chi connectivity index (χ0n) is 13.5. The highest BCUT2D eigenvalue weighted by molar-refractivity contribution is 7.98. The summed E-state index contributed by atoms with van der Waals surface area (Å²) < 4.78 is 21.7. The average molecular weight is 335 g/mol.